The molecule has 8 heavy (non-hydrogen) atoms. The lowest BCUT2D eigenvalue weighted by atomic mass is 10.1. The van der Waals surface area contributed by atoms with Crippen LogP contribution in [0.1, 0.15) is 13.8 Å². The van der Waals surface area contributed by atoms with Crippen LogP contribution in [0.3, 0.4) is 0 Å². The third-order valence-corrected chi connectivity index (χ3v) is 0.818. The van der Waals surface area contributed by atoms with Gasteiger partial charge in [-0.2, -0.15) is 5.26 Å². The third-order valence-electron chi connectivity index (χ3n) is 0.818. The van der Waals surface area contributed by atoms with Gasteiger partial charge in [0.05, 0.1) is 5.57 Å². The summed E-state index contributed by atoms with van der Waals surface area (Å²) < 4.78 is 0. The molecule has 0 aromatic heterocycles. The summed E-state index contributed by atoms with van der Waals surface area (Å²) in [5.41, 5.74) is 0.296. The van der Waals surface area contributed by atoms with Crippen LogP contribution in [0.15, 0.2) is 5.57 Å². The van der Waals surface area contributed by atoms with Gasteiger partial charge in [0, 0.05) is 0 Å². The van der Waals surface area contributed by atoms with Crippen molar-refractivity contribution in [3.05, 3.63) is 11.0 Å². The molecular formula is C6H7N2-. The van der Waals surface area contributed by atoms with E-state index in [9.17, 15) is 0 Å². The second kappa shape index (κ2) is 3.01. The lowest BCUT2D eigenvalue weighted by Gasteiger charge is -1.96. The zero-order valence-corrected chi connectivity index (χ0v) is 4.97. The van der Waals surface area contributed by atoms with Crippen LogP contribution >= 0.6 is 0 Å². The van der Waals surface area contributed by atoms with Crippen LogP contribution < -0.4 is 0 Å². The normalized spacial score (nSPS) is 7.75. The maximum absolute atomic E-state index is 8.19. The van der Waals surface area contributed by atoms with E-state index in [1.165, 1.54) is 0 Å². The van der Waals surface area contributed by atoms with Gasteiger partial charge in [-0.1, -0.05) is 13.8 Å². The molecule has 0 aliphatic carbocycles. The Hall–Kier alpha value is -1.06. The molecule has 0 heterocycles. The standard InChI is InChI=1S/C6H7N2/c1-5(2)6(3-7)4-8/h5H,1-2H3/q-1. The highest BCUT2D eigenvalue weighted by atomic mass is 14.3. The zero-order chi connectivity index (χ0) is 6.57. The maximum Gasteiger partial charge on any atom is 0.102 e. The van der Waals surface area contributed by atoms with E-state index in [0.717, 1.165) is 0 Å². The summed E-state index contributed by atoms with van der Waals surface area (Å²) in [5.74, 6) is 1.88. The quantitative estimate of drug-likeness (QED) is 0.368. The van der Waals surface area contributed by atoms with Crippen molar-refractivity contribution in [2.45, 2.75) is 13.8 Å². The fraction of sp³-hybridized carbons (Fsp3) is 0.500. The van der Waals surface area contributed by atoms with E-state index in [1.54, 1.807) is 11.9 Å². The number of allylic oxidation sites excluding steroid dienone is 1. The van der Waals surface area contributed by atoms with Gasteiger partial charge in [0.1, 0.15) is 6.07 Å². The van der Waals surface area contributed by atoms with Crippen LogP contribution in [0.2, 0.25) is 0 Å². The maximum atomic E-state index is 8.19. The Balaban J connectivity index is 4.20. The zero-order valence-electron chi connectivity index (χ0n) is 4.97. The molecule has 0 atom stereocenters. The Morgan fingerprint density at radius 1 is 1.62 bits per heavy atom. The molecule has 0 N–H and O–H groups in total. The predicted octanol–water partition coefficient (Wildman–Crippen LogP) is 1.33. The molecule has 0 aromatic rings. The molecule has 0 radical (unpaired) electrons. The minimum Gasteiger partial charge on any atom is -0.762 e. The van der Waals surface area contributed by atoms with E-state index >= 15 is 0 Å². The summed E-state index contributed by atoms with van der Waals surface area (Å²) in [4.78, 5) is 0. The molecule has 2 heteroatoms. The van der Waals surface area contributed by atoms with Crippen LogP contribution in [-0.4, -0.2) is 5.87 Å². The smallest absolute Gasteiger partial charge is 0.102 e. The lowest BCUT2D eigenvalue weighted by Crippen LogP contribution is -1.89. The Labute approximate surface area is 49.0 Å². The number of nitrogens with zero attached hydrogens (tertiary/aromatic N) is 2. The van der Waals surface area contributed by atoms with Crippen LogP contribution in [0.4, 0.5) is 0 Å². The van der Waals surface area contributed by atoms with Crippen molar-refractivity contribution in [1.82, 2.24) is 0 Å². The van der Waals surface area contributed by atoms with Gasteiger partial charge in [-0.15, -0.1) is 0 Å². The number of hydrogen-bond donors (Lipinski definition) is 0. The highest BCUT2D eigenvalue weighted by molar-refractivity contribution is 5.66. The fourth-order valence-electron chi connectivity index (χ4n) is 0.283. The van der Waals surface area contributed by atoms with Crippen molar-refractivity contribution in [2.75, 3.05) is 0 Å². The first-order chi connectivity index (χ1) is 3.72. The molecule has 42 valence electrons. The van der Waals surface area contributed by atoms with Gasteiger partial charge < -0.3 is 5.41 Å². The second-order valence-electron chi connectivity index (χ2n) is 1.79. The van der Waals surface area contributed by atoms with Crippen molar-refractivity contribution in [2.24, 2.45) is 5.92 Å². The van der Waals surface area contributed by atoms with Gasteiger partial charge in [0.15, 0.2) is 0 Å². The summed E-state index contributed by atoms with van der Waals surface area (Å²) in [5, 5.41) is 16.4. The fourth-order valence-corrected chi connectivity index (χ4v) is 0.283. The van der Waals surface area contributed by atoms with E-state index in [4.69, 9.17) is 10.7 Å². The molecule has 2 nitrogen and oxygen atoms in total. The SMILES string of the molecule is CC(C)C(=C=[N-])C#N. The minimum atomic E-state index is 0.0741. The summed E-state index contributed by atoms with van der Waals surface area (Å²) >= 11 is 0. The first-order valence-electron chi connectivity index (χ1n) is 2.39. The van der Waals surface area contributed by atoms with Crippen LogP contribution in [0.5, 0.6) is 0 Å². The Kier molecular flexibility index (Phi) is 2.61. The number of nitriles is 1. The molecule has 0 aliphatic heterocycles. The van der Waals surface area contributed by atoms with E-state index in [1.807, 2.05) is 13.8 Å². The van der Waals surface area contributed by atoms with Crippen molar-refractivity contribution in [3.63, 3.8) is 0 Å². The molecule has 0 bridgehead atoms. The molecule has 0 spiro atoms. The monoisotopic (exact) mass is 107 g/mol. The van der Waals surface area contributed by atoms with Gasteiger partial charge in [-0.3, -0.25) is 5.87 Å². The van der Waals surface area contributed by atoms with Crippen molar-refractivity contribution in [1.29, 1.82) is 5.26 Å². The Bertz CT molecular complexity index is 156. The van der Waals surface area contributed by atoms with Crippen molar-refractivity contribution >= 4 is 5.87 Å². The van der Waals surface area contributed by atoms with E-state index < -0.39 is 0 Å². The average Bonchev–Trinajstić information content (AvgIpc) is 1.69. The molecule has 0 amide bonds. The van der Waals surface area contributed by atoms with E-state index in [2.05, 4.69) is 0 Å². The van der Waals surface area contributed by atoms with Gasteiger partial charge >= 0.3 is 0 Å². The molecule has 0 saturated heterocycles. The highest BCUT2D eigenvalue weighted by Crippen LogP contribution is 2.01. The highest BCUT2D eigenvalue weighted by Gasteiger charge is 1.95. The van der Waals surface area contributed by atoms with Gasteiger partial charge in [0.25, 0.3) is 0 Å². The van der Waals surface area contributed by atoms with E-state index in [-0.39, 0.29) is 5.92 Å². The predicted molar refractivity (Wildman–Crippen MR) is 32.3 cm³/mol. The molecule has 0 aliphatic rings. The molecule has 0 unspecified atom stereocenters. The summed E-state index contributed by atoms with van der Waals surface area (Å²) in [6, 6.07) is 1.81. The van der Waals surface area contributed by atoms with Gasteiger partial charge in [0.2, 0.25) is 0 Å². The Morgan fingerprint density at radius 2 is 2.12 bits per heavy atom. The third kappa shape index (κ3) is 1.59. The summed E-state index contributed by atoms with van der Waals surface area (Å²) in [6.07, 6.45) is 0. The molecule has 0 rings (SSSR count). The molecule has 0 fully saturated rings. The summed E-state index contributed by atoms with van der Waals surface area (Å²) in [6.45, 7) is 3.64. The van der Waals surface area contributed by atoms with Crippen molar-refractivity contribution < 1.29 is 0 Å². The minimum absolute atomic E-state index is 0.0741. The van der Waals surface area contributed by atoms with Gasteiger partial charge in [-0.05, 0) is 5.92 Å². The topological polar surface area (TPSA) is 46.1 Å². The Morgan fingerprint density at radius 3 is 2.12 bits per heavy atom. The molecule has 0 aromatic carbocycles. The lowest BCUT2D eigenvalue weighted by molar-refractivity contribution is 0.805. The first-order valence-corrected chi connectivity index (χ1v) is 2.39. The van der Waals surface area contributed by atoms with E-state index in [0.29, 0.717) is 5.57 Å². The number of rotatable bonds is 1. The second-order valence-corrected chi connectivity index (χ2v) is 1.79. The summed E-state index contributed by atoms with van der Waals surface area (Å²) in [7, 11) is 0. The van der Waals surface area contributed by atoms with Crippen molar-refractivity contribution in [3.8, 4) is 6.07 Å². The average molecular weight is 107 g/mol. The largest absolute Gasteiger partial charge is 0.762 e. The molecule has 0 saturated carbocycles. The van der Waals surface area contributed by atoms with Crippen LogP contribution in [0.25, 0.3) is 5.41 Å². The number of hydrogen-bond acceptors (Lipinski definition) is 1. The first kappa shape index (κ1) is 6.94. The van der Waals surface area contributed by atoms with Crippen LogP contribution in [0, 0.1) is 17.2 Å². The molecular weight excluding hydrogens is 100 g/mol. The van der Waals surface area contributed by atoms with Crippen LogP contribution in [-0.2, 0) is 0 Å². The van der Waals surface area contributed by atoms with Gasteiger partial charge in [-0.25, -0.2) is 0 Å².